The number of anilines is 1. The van der Waals surface area contributed by atoms with Crippen molar-refractivity contribution in [1.82, 2.24) is 19.3 Å². The Hall–Kier alpha value is -2.96. The first-order chi connectivity index (χ1) is 15.1. The molecule has 2 aromatic heterocycles. The average molecular weight is 422 g/mol. The maximum absolute atomic E-state index is 13.5. The van der Waals surface area contributed by atoms with Gasteiger partial charge in [-0.15, -0.1) is 0 Å². The van der Waals surface area contributed by atoms with Gasteiger partial charge in [0.2, 0.25) is 5.95 Å². The Labute approximate surface area is 181 Å². The first-order valence-corrected chi connectivity index (χ1v) is 11.3. The number of rotatable bonds is 5. The molecule has 2 aliphatic rings. The van der Waals surface area contributed by atoms with Gasteiger partial charge in [-0.2, -0.15) is 0 Å². The van der Waals surface area contributed by atoms with Crippen LogP contribution in [0.1, 0.15) is 45.4 Å². The molecule has 162 valence electrons. The quantitative estimate of drug-likeness (QED) is 0.649. The van der Waals surface area contributed by atoms with Gasteiger partial charge in [-0.05, 0) is 55.9 Å². The summed E-state index contributed by atoms with van der Waals surface area (Å²) in [5.41, 5.74) is 2.72. The van der Waals surface area contributed by atoms with Crippen LogP contribution in [0, 0.1) is 11.7 Å². The van der Waals surface area contributed by atoms with E-state index in [-0.39, 0.29) is 11.4 Å². The van der Waals surface area contributed by atoms with Gasteiger partial charge in [0.25, 0.3) is 5.56 Å². The van der Waals surface area contributed by atoms with Crippen LogP contribution in [-0.2, 0) is 13.1 Å². The van der Waals surface area contributed by atoms with E-state index in [2.05, 4.69) is 17.2 Å². The average Bonchev–Trinajstić information content (AvgIpc) is 3.37. The summed E-state index contributed by atoms with van der Waals surface area (Å²) in [5.74, 6) is 0.908. The van der Waals surface area contributed by atoms with Gasteiger partial charge in [-0.25, -0.2) is 19.0 Å². The fourth-order valence-electron chi connectivity index (χ4n) is 5.07. The molecule has 6 nitrogen and oxygen atoms in total. The predicted molar refractivity (Wildman–Crippen MR) is 119 cm³/mol. The van der Waals surface area contributed by atoms with Crippen LogP contribution in [-0.4, -0.2) is 25.4 Å². The zero-order chi connectivity index (χ0) is 21.4. The predicted octanol–water partition coefficient (Wildman–Crippen LogP) is 4.70. The molecule has 0 saturated heterocycles. The minimum Gasteiger partial charge on any atom is -0.351 e. The van der Waals surface area contributed by atoms with Gasteiger partial charge in [-0.3, -0.25) is 9.48 Å². The number of nitrogens with one attached hydrogen (secondary N) is 1. The number of nitrogens with zero attached hydrogens (tertiary/aromatic N) is 4. The molecule has 1 atom stereocenters. The molecule has 5 rings (SSSR count). The molecule has 7 heteroatoms. The van der Waals surface area contributed by atoms with Crippen molar-refractivity contribution in [2.24, 2.45) is 5.92 Å². The lowest BCUT2D eigenvalue weighted by molar-refractivity contribution is 0.327. The summed E-state index contributed by atoms with van der Waals surface area (Å²) in [6.45, 7) is 3.65. The summed E-state index contributed by atoms with van der Waals surface area (Å²) in [4.78, 5) is 22.4. The van der Waals surface area contributed by atoms with Gasteiger partial charge in [0.05, 0.1) is 17.0 Å². The van der Waals surface area contributed by atoms with E-state index in [0.717, 1.165) is 18.7 Å². The lowest BCUT2D eigenvalue weighted by Gasteiger charge is -2.28. The number of benzene rings is 1. The molecule has 1 aliphatic carbocycles. The molecule has 0 spiro atoms. The summed E-state index contributed by atoms with van der Waals surface area (Å²) < 4.78 is 17.3. The first kappa shape index (κ1) is 20.0. The summed E-state index contributed by atoms with van der Waals surface area (Å²) >= 11 is 0. The summed E-state index contributed by atoms with van der Waals surface area (Å²) in [6, 6.07) is 8.27. The van der Waals surface area contributed by atoms with Crippen molar-refractivity contribution in [2.45, 2.75) is 64.6 Å². The van der Waals surface area contributed by atoms with Crippen molar-refractivity contribution in [1.29, 1.82) is 0 Å². The minimum atomic E-state index is -0.317. The van der Waals surface area contributed by atoms with Gasteiger partial charge in [0.15, 0.2) is 0 Å². The Kier molecular flexibility index (Phi) is 5.34. The second kappa shape index (κ2) is 8.29. The molecular formula is C24H28FN5O. The molecule has 1 aliphatic heterocycles. The summed E-state index contributed by atoms with van der Waals surface area (Å²) in [5, 5.41) is 3.50. The Balaban J connectivity index is 1.53. The van der Waals surface area contributed by atoms with Crippen LogP contribution in [0.25, 0.3) is 22.5 Å². The highest BCUT2D eigenvalue weighted by atomic mass is 19.1. The molecule has 31 heavy (non-hydrogen) atoms. The van der Waals surface area contributed by atoms with E-state index in [1.165, 1.54) is 44.2 Å². The second-order valence-corrected chi connectivity index (χ2v) is 8.73. The Morgan fingerprint density at radius 2 is 1.77 bits per heavy atom. The van der Waals surface area contributed by atoms with Crippen molar-refractivity contribution in [3.05, 3.63) is 52.7 Å². The third-order valence-corrected chi connectivity index (χ3v) is 6.72. The molecule has 3 aromatic rings. The highest BCUT2D eigenvalue weighted by Crippen LogP contribution is 2.32. The van der Waals surface area contributed by atoms with E-state index in [1.54, 1.807) is 23.0 Å². The van der Waals surface area contributed by atoms with E-state index in [1.807, 2.05) is 10.7 Å². The molecule has 0 amide bonds. The number of fused-ring (bicyclic) bond motifs is 1. The lowest BCUT2D eigenvalue weighted by atomic mass is 9.85. The minimum absolute atomic E-state index is 0.0530. The van der Waals surface area contributed by atoms with E-state index in [0.29, 0.717) is 41.3 Å². The van der Waals surface area contributed by atoms with Gasteiger partial charge < -0.3 is 5.32 Å². The fraction of sp³-hybridized carbons (Fsp3) is 0.458. The normalized spacial score (nSPS) is 17.5. The molecule has 3 heterocycles. The van der Waals surface area contributed by atoms with Gasteiger partial charge in [0.1, 0.15) is 5.82 Å². The van der Waals surface area contributed by atoms with Crippen molar-refractivity contribution in [2.75, 3.05) is 5.32 Å². The maximum atomic E-state index is 13.5. The molecular weight excluding hydrogens is 393 g/mol. The number of hydrogen-bond donors (Lipinski definition) is 1. The van der Waals surface area contributed by atoms with Crippen LogP contribution < -0.4 is 10.9 Å². The van der Waals surface area contributed by atoms with Gasteiger partial charge >= 0.3 is 0 Å². The van der Waals surface area contributed by atoms with Crippen LogP contribution in [0.3, 0.4) is 0 Å². The number of hydrogen-bond acceptors (Lipinski definition) is 4. The van der Waals surface area contributed by atoms with E-state index in [9.17, 15) is 9.18 Å². The Morgan fingerprint density at radius 3 is 2.55 bits per heavy atom. The summed E-state index contributed by atoms with van der Waals surface area (Å²) in [6.07, 6.45) is 9.06. The lowest BCUT2D eigenvalue weighted by Crippen LogP contribution is -2.28. The first-order valence-electron chi connectivity index (χ1n) is 11.3. The third-order valence-electron chi connectivity index (χ3n) is 6.72. The number of halogens is 1. The second-order valence-electron chi connectivity index (χ2n) is 8.73. The third kappa shape index (κ3) is 3.77. The van der Waals surface area contributed by atoms with Crippen LogP contribution in [0.4, 0.5) is 10.3 Å². The monoisotopic (exact) mass is 421 g/mol. The van der Waals surface area contributed by atoms with Crippen LogP contribution in [0.15, 0.2) is 41.3 Å². The van der Waals surface area contributed by atoms with Crippen molar-refractivity contribution in [3.63, 3.8) is 0 Å². The van der Waals surface area contributed by atoms with Crippen LogP contribution in [0.5, 0.6) is 0 Å². The molecule has 0 bridgehead atoms. The van der Waals surface area contributed by atoms with Crippen molar-refractivity contribution < 1.29 is 4.39 Å². The maximum Gasteiger partial charge on any atom is 0.275 e. The molecule has 1 N–H and O–H groups in total. The Bertz CT molecular complexity index is 1130. The largest absolute Gasteiger partial charge is 0.351 e. The topological polar surface area (TPSA) is 64.7 Å². The van der Waals surface area contributed by atoms with Crippen molar-refractivity contribution in [3.8, 4) is 22.5 Å². The van der Waals surface area contributed by atoms with E-state index >= 15 is 0 Å². The molecule has 0 radical (unpaired) electrons. The summed E-state index contributed by atoms with van der Waals surface area (Å²) in [7, 11) is 0. The fourth-order valence-corrected chi connectivity index (χ4v) is 5.07. The van der Waals surface area contributed by atoms with Crippen LogP contribution >= 0.6 is 0 Å². The molecule has 0 unspecified atom stereocenters. The smallest absolute Gasteiger partial charge is 0.275 e. The van der Waals surface area contributed by atoms with Gasteiger partial charge in [0, 0.05) is 25.3 Å². The van der Waals surface area contributed by atoms with E-state index < -0.39 is 0 Å². The standard InChI is InChI=1S/C24H28FN5O/c1-16(17-6-3-2-4-7-17)27-24-26-13-12-20(28-24)22-21(18-8-10-19(25)11-9-18)23(31)30-15-5-14-29(22)30/h8-13,16-17H,2-7,14-15H2,1H3,(H,26,27,28)/t16-/m1/s1. The number of aromatic nitrogens is 4. The highest BCUT2D eigenvalue weighted by Gasteiger charge is 2.27. The molecule has 1 fully saturated rings. The zero-order valence-electron chi connectivity index (χ0n) is 17.9. The van der Waals surface area contributed by atoms with Gasteiger partial charge in [-0.1, -0.05) is 31.4 Å². The zero-order valence-corrected chi connectivity index (χ0v) is 17.9. The molecule has 1 saturated carbocycles. The van der Waals surface area contributed by atoms with Crippen molar-refractivity contribution >= 4 is 5.95 Å². The SMILES string of the molecule is C[C@@H](Nc1nccc(-c2c(-c3ccc(F)cc3)c(=O)n3n2CCC3)n1)C1CCCCC1. The highest BCUT2D eigenvalue weighted by molar-refractivity contribution is 5.79. The van der Waals surface area contributed by atoms with E-state index in [4.69, 9.17) is 4.98 Å². The van der Waals surface area contributed by atoms with Crippen LogP contribution in [0.2, 0.25) is 0 Å². The molecule has 1 aromatic carbocycles. The Morgan fingerprint density at radius 1 is 1.03 bits per heavy atom.